The minimum Gasteiger partial charge on any atom is -0.382 e. The van der Waals surface area contributed by atoms with Crippen LogP contribution in [0.3, 0.4) is 0 Å². The normalized spacial score (nSPS) is 22.9. The van der Waals surface area contributed by atoms with E-state index >= 15 is 0 Å². The van der Waals surface area contributed by atoms with Crippen LogP contribution in [0.4, 0.5) is 10.3 Å². The van der Waals surface area contributed by atoms with Gasteiger partial charge in [-0.05, 0) is 39.0 Å². The van der Waals surface area contributed by atoms with Gasteiger partial charge in [0, 0.05) is 38.1 Å². The highest BCUT2D eigenvalue weighted by Gasteiger charge is 2.30. The zero-order chi connectivity index (χ0) is 23.0. The number of aromatic nitrogens is 4. The third-order valence-corrected chi connectivity index (χ3v) is 7.93. The monoisotopic (exact) mass is 494 g/mol. The molecule has 1 aliphatic carbocycles. The average molecular weight is 495 g/mol. The predicted molar refractivity (Wildman–Crippen MR) is 126 cm³/mol. The van der Waals surface area contributed by atoms with E-state index in [9.17, 15) is 9.59 Å². The summed E-state index contributed by atoms with van der Waals surface area (Å²) in [5.41, 5.74) is 0. The summed E-state index contributed by atoms with van der Waals surface area (Å²) in [7, 11) is 0. The second-order valence-electron chi connectivity index (χ2n) is 8.35. The van der Waals surface area contributed by atoms with Crippen LogP contribution in [0.1, 0.15) is 73.7 Å². The molecule has 1 unspecified atom stereocenters. The first-order chi connectivity index (χ1) is 16.1. The summed E-state index contributed by atoms with van der Waals surface area (Å²) in [6.07, 6.45) is 5.90. The fraction of sp³-hybridized carbons (Fsp3) is 0.714. The van der Waals surface area contributed by atoms with Crippen molar-refractivity contribution in [3.8, 4) is 0 Å². The fourth-order valence-corrected chi connectivity index (χ4v) is 5.95. The van der Waals surface area contributed by atoms with Crippen molar-refractivity contribution >= 4 is 44.8 Å². The molecule has 0 spiro atoms. The Hall–Kier alpha value is -2.02. The van der Waals surface area contributed by atoms with Crippen LogP contribution in [0.15, 0.2) is 0 Å². The summed E-state index contributed by atoms with van der Waals surface area (Å²) in [6.45, 7) is 4.29. The number of hydrogen-bond acceptors (Lipinski definition) is 10. The minimum atomic E-state index is -0.104. The van der Waals surface area contributed by atoms with E-state index in [1.54, 1.807) is 0 Å². The van der Waals surface area contributed by atoms with E-state index in [1.807, 2.05) is 6.92 Å². The SMILES string of the molecule is CCOCCCC(=O)Nc1nnc([C@H]2CCC[C@H](c3nnc(NC(=O)C4CCOC4)s3)C2)s1. The molecule has 2 aromatic rings. The van der Waals surface area contributed by atoms with Gasteiger partial charge in [0.25, 0.3) is 0 Å². The quantitative estimate of drug-likeness (QED) is 0.480. The average Bonchev–Trinajstić information content (AvgIpc) is 3.59. The Morgan fingerprint density at radius 2 is 1.73 bits per heavy atom. The molecule has 0 bridgehead atoms. The molecule has 3 atom stereocenters. The molecule has 33 heavy (non-hydrogen) atoms. The molecule has 0 radical (unpaired) electrons. The summed E-state index contributed by atoms with van der Waals surface area (Å²) < 4.78 is 10.6. The highest BCUT2D eigenvalue weighted by Crippen LogP contribution is 2.43. The van der Waals surface area contributed by atoms with E-state index < -0.39 is 0 Å². The van der Waals surface area contributed by atoms with Gasteiger partial charge in [-0.3, -0.25) is 9.59 Å². The summed E-state index contributed by atoms with van der Waals surface area (Å²) in [5.74, 6) is 0.349. The molecule has 2 N–H and O–H groups in total. The zero-order valence-corrected chi connectivity index (χ0v) is 20.4. The van der Waals surface area contributed by atoms with Gasteiger partial charge in [-0.2, -0.15) is 0 Å². The van der Waals surface area contributed by atoms with Gasteiger partial charge in [0.15, 0.2) is 0 Å². The first-order valence-electron chi connectivity index (χ1n) is 11.6. The summed E-state index contributed by atoms with van der Waals surface area (Å²) in [4.78, 5) is 24.4. The van der Waals surface area contributed by atoms with E-state index in [-0.39, 0.29) is 29.6 Å². The van der Waals surface area contributed by atoms with Crippen molar-refractivity contribution in [1.82, 2.24) is 20.4 Å². The molecule has 0 aromatic carbocycles. The lowest BCUT2D eigenvalue weighted by molar-refractivity contribution is -0.120. The van der Waals surface area contributed by atoms with Crippen LogP contribution in [0.25, 0.3) is 0 Å². The van der Waals surface area contributed by atoms with Crippen molar-refractivity contribution in [2.45, 2.75) is 63.7 Å². The van der Waals surface area contributed by atoms with Crippen LogP contribution in [-0.2, 0) is 19.1 Å². The van der Waals surface area contributed by atoms with Crippen molar-refractivity contribution in [3.05, 3.63) is 10.0 Å². The van der Waals surface area contributed by atoms with Gasteiger partial charge in [0.1, 0.15) is 10.0 Å². The van der Waals surface area contributed by atoms with Crippen molar-refractivity contribution < 1.29 is 19.1 Å². The largest absolute Gasteiger partial charge is 0.382 e. The molecule has 2 aliphatic rings. The van der Waals surface area contributed by atoms with Gasteiger partial charge in [-0.25, -0.2) is 0 Å². The number of ether oxygens (including phenoxy) is 2. The summed E-state index contributed by atoms with van der Waals surface area (Å²) >= 11 is 2.90. The van der Waals surface area contributed by atoms with Crippen LogP contribution in [0, 0.1) is 5.92 Å². The zero-order valence-electron chi connectivity index (χ0n) is 18.7. The maximum absolute atomic E-state index is 12.3. The number of carbonyl (C=O) groups excluding carboxylic acids is 2. The predicted octanol–water partition coefficient (Wildman–Crippen LogP) is 3.56. The Kier molecular flexibility index (Phi) is 8.70. The van der Waals surface area contributed by atoms with Crippen molar-refractivity contribution in [1.29, 1.82) is 0 Å². The number of amides is 2. The highest BCUT2D eigenvalue weighted by atomic mass is 32.1. The fourth-order valence-electron chi connectivity index (χ4n) is 4.15. The van der Waals surface area contributed by atoms with Gasteiger partial charge in [-0.1, -0.05) is 29.1 Å². The molecule has 180 valence electrons. The maximum Gasteiger partial charge on any atom is 0.231 e. The van der Waals surface area contributed by atoms with Crippen molar-refractivity contribution in [2.75, 3.05) is 37.1 Å². The molecule has 3 heterocycles. The molecule has 1 saturated carbocycles. The lowest BCUT2D eigenvalue weighted by atomic mass is 9.82. The number of carbonyl (C=O) groups is 2. The first kappa shape index (κ1) is 24.1. The topological polar surface area (TPSA) is 128 Å². The molecule has 2 amide bonds. The molecule has 12 heteroatoms. The van der Waals surface area contributed by atoms with Crippen LogP contribution >= 0.6 is 22.7 Å². The number of nitrogens with zero attached hydrogens (tertiary/aromatic N) is 4. The highest BCUT2D eigenvalue weighted by molar-refractivity contribution is 7.15. The minimum absolute atomic E-state index is 0.0435. The Labute approximate surface area is 200 Å². The van der Waals surface area contributed by atoms with E-state index in [4.69, 9.17) is 9.47 Å². The Bertz CT molecular complexity index is 930. The van der Waals surface area contributed by atoms with E-state index in [0.717, 1.165) is 42.1 Å². The molecule has 1 aliphatic heterocycles. The van der Waals surface area contributed by atoms with Gasteiger partial charge < -0.3 is 20.1 Å². The van der Waals surface area contributed by atoms with Crippen molar-refractivity contribution in [2.24, 2.45) is 5.92 Å². The molecular formula is C21H30N6O4S2. The molecule has 2 aromatic heterocycles. The first-order valence-corrected chi connectivity index (χ1v) is 13.2. The van der Waals surface area contributed by atoms with Crippen molar-refractivity contribution in [3.63, 3.8) is 0 Å². The second kappa shape index (κ2) is 11.9. The number of nitrogens with one attached hydrogen (secondary N) is 2. The Morgan fingerprint density at radius 1 is 1.03 bits per heavy atom. The third-order valence-electron chi connectivity index (χ3n) is 5.93. The molecule has 2 fully saturated rings. The van der Waals surface area contributed by atoms with Gasteiger partial charge >= 0.3 is 0 Å². The molecular weight excluding hydrogens is 464 g/mol. The maximum atomic E-state index is 12.3. The third kappa shape index (κ3) is 6.75. The van der Waals surface area contributed by atoms with Crippen LogP contribution in [0.2, 0.25) is 0 Å². The molecule has 4 rings (SSSR count). The van der Waals surface area contributed by atoms with Crippen LogP contribution < -0.4 is 10.6 Å². The van der Waals surface area contributed by atoms with Crippen LogP contribution in [0.5, 0.6) is 0 Å². The molecule has 10 nitrogen and oxygen atoms in total. The number of hydrogen-bond donors (Lipinski definition) is 2. The summed E-state index contributed by atoms with van der Waals surface area (Å²) in [5, 5.41) is 25.8. The van der Waals surface area contributed by atoms with E-state index in [1.165, 1.54) is 22.7 Å². The lowest BCUT2D eigenvalue weighted by Crippen LogP contribution is -2.22. The molecule has 1 saturated heterocycles. The second-order valence-corrected chi connectivity index (χ2v) is 10.4. The van der Waals surface area contributed by atoms with E-state index in [0.29, 0.717) is 49.5 Å². The van der Waals surface area contributed by atoms with Gasteiger partial charge in [0.2, 0.25) is 22.1 Å². The van der Waals surface area contributed by atoms with Gasteiger partial charge in [-0.15, -0.1) is 20.4 Å². The summed E-state index contributed by atoms with van der Waals surface area (Å²) in [6, 6.07) is 0. The van der Waals surface area contributed by atoms with Crippen LogP contribution in [-0.4, -0.2) is 58.6 Å². The number of anilines is 2. The number of rotatable bonds is 10. The van der Waals surface area contributed by atoms with Gasteiger partial charge in [0.05, 0.1) is 12.5 Å². The van der Waals surface area contributed by atoms with E-state index in [2.05, 4.69) is 31.0 Å². The lowest BCUT2D eigenvalue weighted by Gasteiger charge is -2.25. The Balaban J connectivity index is 1.29. The Morgan fingerprint density at radius 3 is 2.36 bits per heavy atom. The standard InChI is InChI=1S/C21H30N6O4S2/c1-2-30-9-4-7-16(28)22-20-26-24-18(32-20)13-5-3-6-14(11-13)19-25-27-21(33-19)23-17(29)15-8-10-31-12-15/h13-15H,2-12H2,1H3,(H,22,26,28)(H,23,27,29)/t13-,14-,15?/m0/s1. The smallest absolute Gasteiger partial charge is 0.231 e.